The number of carbonyl (C=O) groups is 2. The number of hydrogen-bond acceptors (Lipinski definition) is 3. The Morgan fingerprint density at radius 1 is 1.15 bits per heavy atom. The summed E-state index contributed by atoms with van der Waals surface area (Å²) in [4.78, 5) is 27.4. The maximum Gasteiger partial charge on any atom is 0.405 e. The summed E-state index contributed by atoms with van der Waals surface area (Å²) in [6, 6.07) is 7.54. The second kappa shape index (κ2) is 6.87. The lowest BCUT2D eigenvalue weighted by molar-refractivity contribution is 0.103. The maximum absolute atomic E-state index is 14.5. The smallest absolute Gasteiger partial charge is 0.405 e. The van der Waals surface area contributed by atoms with E-state index >= 15 is 0 Å². The average Bonchev–Trinajstić information content (AvgIpc) is 2.59. The van der Waals surface area contributed by atoms with E-state index in [-0.39, 0.29) is 11.1 Å². The first-order chi connectivity index (χ1) is 12.4. The van der Waals surface area contributed by atoms with Crippen molar-refractivity contribution < 1.29 is 23.5 Å². The zero-order valence-electron chi connectivity index (χ0n) is 13.7. The first-order valence-corrected chi connectivity index (χ1v) is 7.74. The van der Waals surface area contributed by atoms with Crippen molar-refractivity contribution in [3.05, 3.63) is 77.1 Å². The molecule has 0 aliphatic heterocycles. The van der Waals surface area contributed by atoms with Crippen LogP contribution in [0.1, 0.15) is 34.5 Å². The quantitative estimate of drug-likeness (QED) is 0.691. The molecule has 0 bridgehead atoms. The maximum atomic E-state index is 14.5. The molecule has 0 fully saturated rings. The van der Waals surface area contributed by atoms with Crippen LogP contribution in [-0.4, -0.2) is 22.0 Å². The summed E-state index contributed by atoms with van der Waals surface area (Å²) in [5, 5.41) is 12.0. The fourth-order valence-electron chi connectivity index (χ4n) is 2.78. The number of benzene rings is 2. The number of hydrogen-bond donors (Lipinski definition) is 2. The molecule has 3 aromatic rings. The number of amides is 1. The molecule has 0 radical (unpaired) electrons. The number of halogens is 2. The Morgan fingerprint density at radius 2 is 1.85 bits per heavy atom. The fourth-order valence-corrected chi connectivity index (χ4v) is 2.78. The van der Waals surface area contributed by atoms with E-state index in [0.29, 0.717) is 10.8 Å². The van der Waals surface area contributed by atoms with Crippen molar-refractivity contribution in [1.82, 2.24) is 10.3 Å². The molecule has 1 heterocycles. The van der Waals surface area contributed by atoms with Crippen LogP contribution in [0.5, 0.6) is 0 Å². The SMILES string of the molecule is CC(NC(=O)O)c1cc(F)c(C(=O)c2cccc3cnccc23)c(F)c1. The number of carboxylic acid groups (broad SMARTS) is 1. The molecule has 5 nitrogen and oxygen atoms in total. The zero-order chi connectivity index (χ0) is 18.8. The van der Waals surface area contributed by atoms with E-state index < -0.39 is 35.1 Å². The Bertz CT molecular complexity index is 992. The van der Waals surface area contributed by atoms with Crippen LogP contribution in [0.25, 0.3) is 10.8 Å². The van der Waals surface area contributed by atoms with Crippen molar-refractivity contribution in [3.8, 4) is 0 Å². The molecule has 26 heavy (non-hydrogen) atoms. The molecule has 1 aromatic heterocycles. The third-order valence-corrected chi connectivity index (χ3v) is 4.06. The topological polar surface area (TPSA) is 79.3 Å². The molecular formula is C19H14F2N2O3. The Hall–Kier alpha value is -3.35. The van der Waals surface area contributed by atoms with Gasteiger partial charge in [0.25, 0.3) is 0 Å². The van der Waals surface area contributed by atoms with Gasteiger partial charge in [-0.05, 0) is 36.1 Å². The van der Waals surface area contributed by atoms with Gasteiger partial charge in [0.05, 0.1) is 11.6 Å². The summed E-state index contributed by atoms with van der Waals surface area (Å²) in [6.45, 7) is 1.45. The van der Waals surface area contributed by atoms with Gasteiger partial charge in [-0.3, -0.25) is 9.78 Å². The van der Waals surface area contributed by atoms with Crippen LogP contribution >= 0.6 is 0 Å². The minimum Gasteiger partial charge on any atom is -0.465 e. The van der Waals surface area contributed by atoms with E-state index in [1.807, 2.05) is 0 Å². The summed E-state index contributed by atoms with van der Waals surface area (Å²) < 4.78 is 29.0. The van der Waals surface area contributed by atoms with Gasteiger partial charge in [-0.25, -0.2) is 13.6 Å². The Labute approximate surface area is 147 Å². The van der Waals surface area contributed by atoms with Crippen LogP contribution in [0.4, 0.5) is 13.6 Å². The fraction of sp³-hybridized carbons (Fsp3) is 0.105. The molecule has 1 unspecified atom stereocenters. The number of pyridine rings is 1. The number of rotatable bonds is 4. The molecule has 2 N–H and O–H groups in total. The molecule has 7 heteroatoms. The lowest BCUT2D eigenvalue weighted by Gasteiger charge is -2.14. The van der Waals surface area contributed by atoms with Crippen molar-refractivity contribution in [2.24, 2.45) is 0 Å². The second-order valence-electron chi connectivity index (χ2n) is 5.76. The summed E-state index contributed by atoms with van der Waals surface area (Å²) in [5.74, 6) is -2.88. The van der Waals surface area contributed by atoms with Gasteiger partial charge in [-0.15, -0.1) is 0 Å². The predicted molar refractivity (Wildman–Crippen MR) is 91.1 cm³/mol. The van der Waals surface area contributed by atoms with Crippen molar-refractivity contribution >= 4 is 22.6 Å². The molecule has 132 valence electrons. The lowest BCUT2D eigenvalue weighted by atomic mass is 9.95. The van der Waals surface area contributed by atoms with Crippen LogP contribution in [-0.2, 0) is 0 Å². The molecule has 2 aromatic carbocycles. The van der Waals surface area contributed by atoms with Gasteiger partial charge < -0.3 is 10.4 Å². The van der Waals surface area contributed by atoms with Gasteiger partial charge in [0.2, 0.25) is 0 Å². The van der Waals surface area contributed by atoms with E-state index in [0.717, 1.165) is 12.1 Å². The molecule has 0 spiro atoms. The lowest BCUT2D eigenvalue weighted by Crippen LogP contribution is -2.25. The first kappa shape index (κ1) is 17.5. The van der Waals surface area contributed by atoms with Crippen molar-refractivity contribution in [2.45, 2.75) is 13.0 Å². The third-order valence-electron chi connectivity index (χ3n) is 4.06. The summed E-state index contributed by atoms with van der Waals surface area (Å²) in [5.41, 5.74) is -0.436. The summed E-state index contributed by atoms with van der Waals surface area (Å²) >= 11 is 0. The number of aromatic nitrogens is 1. The van der Waals surface area contributed by atoms with E-state index in [1.165, 1.54) is 19.2 Å². The highest BCUT2D eigenvalue weighted by molar-refractivity contribution is 6.16. The summed E-state index contributed by atoms with van der Waals surface area (Å²) in [7, 11) is 0. The molecule has 0 saturated heterocycles. The van der Waals surface area contributed by atoms with Gasteiger partial charge >= 0.3 is 6.09 Å². The van der Waals surface area contributed by atoms with Gasteiger partial charge in [-0.2, -0.15) is 0 Å². The normalized spacial score (nSPS) is 12.0. The highest BCUT2D eigenvalue weighted by Crippen LogP contribution is 2.26. The second-order valence-corrected chi connectivity index (χ2v) is 5.76. The zero-order valence-corrected chi connectivity index (χ0v) is 13.7. The van der Waals surface area contributed by atoms with Gasteiger partial charge in [0, 0.05) is 23.3 Å². The summed E-state index contributed by atoms with van der Waals surface area (Å²) in [6.07, 6.45) is 1.73. The first-order valence-electron chi connectivity index (χ1n) is 7.74. The molecule has 1 amide bonds. The molecule has 0 saturated carbocycles. The van der Waals surface area contributed by atoms with Gasteiger partial charge in [-0.1, -0.05) is 18.2 Å². The van der Waals surface area contributed by atoms with E-state index in [2.05, 4.69) is 10.3 Å². The molecule has 0 aliphatic rings. The van der Waals surface area contributed by atoms with Crippen LogP contribution in [0.2, 0.25) is 0 Å². The van der Waals surface area contributed by atoms with Crippen molar-refractivity contribution in [1.29, 1.82) is 0 Å². The number of nitrogens with zero attached hydrogens (tertiary/aromatic N) is 1. The van der Waals surface area contributed by atoms with E-state index in [9.17, 15) is 18.4 Å². The molecule has 3 rings (SSSR count). The Balaban J connectivity index is 2.06. The van der Waals surface area contributed by atoms with Crippen LogP contribution in [0, 0.1) is 11.6 Å². The minimum atomic E-state index is -1.32. The highest BCUT2D eigenvalue weighted by atomic mass is 19.1. The minimum absolute atomic E-state index is 0.0843. The molecule has 0 aliphatic carbocycles. The van der Waals surface area contributed by atoms with E-state index in [1.54, 1.807) is 24.4 Å². The number of ketones is 1. The molecule has 1 atom stereocenters. The van der Waals surface area contributed by atoms with Crippen LogP contribution in [0.15, 0.2) is 48.8 Å². The van der Waals surface area contributed by atoms with Crippen LogP contribution in [0.3, 0.4) is 0 Å². The monoisotopic (exact) mass is 356 g/mol. The predicted octanol–water partition coefficient (Wildman–Crippen LogP) is 4.07. The Kier molecular flexibility index (Phi) is 4.62. The Morgan fingerprint density at radius 3 is 2.50 bits per heavy atom. The average molecular weight is 356 g/mol. The number of fused-ring (bicyclic) bond motifs is 1. The van der Waals surface area contributed by atoms with Crippen LogP contribution < -0.4 is 5.32 Å². The van der Waals surface area contributed by atoms with Crippen molar-refractivity contribution in [2.75, 3.05) is 0 Å². The standard InChI is InChI=1S/C19H14F2N2O3/c1-10(23-19(25)26)12-7-15(20)17(16(21)8-12)18(24)14-4-2-3-11-9-22-6-5-13(11)14/h2-10,23H,1H3,(H,25,26). The van der Waals surface area contributed by atoms with Crippen molar-refractivity contribution in [3.63, 3.8) is 0 Å². The number of nitrogens with one attached hydrogen (secondary N) is 1. The third kappa shape index (κ3) is 3.23. The number of carbonyl (C=O) groups excluding carboxylic acids is 1. The van der Waals surface area contributed by atoms with Gasteiger partial charge in [0.1, 0.15) is 11.6 Å². The van der Waals surface area contributed by atoms with E-state index in [4.69, 9.17) is 5.11 Å². The van der Waals surface area contributed by atoms with Gasteiger partial charge in [0.15, 0.2) is 5.78 Å². The highest BCUT2D eigenvalue weighted by Gasteiger charge is 2.23. The molecular weight excluding hydrogens is 342 g/mol. The largest absolute Gasteiger partial charge is 0.465 e.